The highest BCUT2D eigenvalue weighted by atomic mass is 32.1. The normalized spacial score (nSPS) is 10.3. The third-order valence-electron chi connectivity index (χ3n) is 2.95. The summed E-state index contributed by atoms with van der Waals surface area (Å²) in [5.41, 5.74) is 0.570. The lowest BCUT2D eigenvalue weighted by atomic mass is 10.1. The number of aliphatic carboxylic acids is 1. The van der Waals surface area contributed by atoms with Crippen molar-refractivity contribution in [1.82, 2.24) is 10.3 Å². The minimum Gasteiger partial charge on any atom is -0.481 e. The average molecular weight is 337 g/mol. The van der Waals surface area contributed by atoms with Crippen LogP contribution < -0.4 is 10.6 Å². The summed E-state index contributed by atoms with van der Waals surface area (Å²) < 4.78 is 13.6. The van der Waals surface area contributed by atoms with Gasteiger partial charge < -0.3 is 10.4 Å². The van der Waals surface area contributed by atoms with Crippen molar-refractivity contribution in [2.75, 3.05) is 11.9 Å². The quantitative estimate of drug-likeness (QED) is 0.678. The Morgan fingerprint density at radius 1 is 1.30 bits per heavy atom. The van der Waals surface area contributed by atoms with Crippen LogP contribution in [0.1, 0.15) is 23.3 Å². The Kier molecular flexibility index (Phi) is 6.04. The van der Waals surface area contributed by atoms with Gasteiger partial charge in [-0.25, -0.2) is 14.2 Å². The lowest BCUT2D eigenvalue weighted by Gasteiger charge is -2.04. The molecule has 0 aliphatic heterocycles. The van der Waals surface area contributed by atoms with Gasteiger partial charge in [-0.3, -0.25) is 10.1 Å². The molecule has 1 aromatic carbocycles. The third-order valence-corrected chi connectivity index (χ3v) is 3.86. The number of amides is 2. The van der Waals surface area contributed by atoms with Crippen molar-refractivity contribution in [3.05, 3.63) is 46.7 Å². The van der Waals surface area contributed by atoms with Gasteiger partial charge in [-0.2, -0.15) is 0 Å². The SMILES string of the molecule is O=C(O)CCCNC(=O)Nc1ncc(Cc2ccccc2F)s1. The fourth-order valence-electron chi connectivity index (χ4n) is 1.86. The van der Waals surface area contributed by atoms with Crippen LogP contribution >= 0.6 is 11.3 Å². The van der Waals surface area contributed by atoms with Crippen molar-refractivity contribution >= 4 is 28.5 Å². The van der Waals surface area contributed by atoms with Crippen molar-refractivity contribution < 1.29 is 19.1 Å². The molecule has 0 aliphatic carbocycles. The van der Waals surface area contributed by atoms with Gasteiger partial charge in [0.1, 0.15) is 5.82 Å². The molecule has 0 spiro atoms. The Bertz CT molecular complexity index is 690. The van der Waals surface area contributed by atoms with Crippen LogP contribution in [0.4, 0.5) is 14.3 Å². The average Bonchev–Trinajstić information content (AvgIpc) is 2.93. The first kappa shape index (κ1) is 16.9. The second-order valence-corrected chi connectivity index (χ2v) is 5.89. The number of carboxylic acid groups (broad SMARTS) is 1. The first-order valence-corrected chi connectivity index (χ1v) is 7.81. The highest BCUT2D eigenvalue weighted by Crippen LogP contribution is 2.22. The summed E-state index contributed by atoms with van der Waals surface area (Å²) >= 11 is 1.27. The molecule has 1 heterocycles. The first-order chi connectivity index (χ1) is 11.0. The number of hydrogen-bond acceptors (Lipinski definition) is 4. The molecule has 122 valence electrons. The lowest BCUT2D eigenvalue weighted by Crippen LogP contribution is -2.29. The molecule has 2 amide bonds. The molecule has 2 aromatic rings. The number of rotatable bonds is 7. The summed E-state index contributed by atoms with van der Waals surface area (Å²) in [7, 11) is 0. The maximum absolute atomic E-state index is 13.6. The molecule has 0 bridgehead atoms. The number of benzene rings is 1. The van der Waals surface area contributed by atoms with Crippen LogP contribution in [0.5, 0.6) is 0 Å². The van der Waals surface area contributed by atoms with Gasteiger partial charge in [-0.15, -0.1) is 11.3 Å². The van der Waals surface area contributed by atoms with Crippen LogP contribution in [0.25, 0.3) is 0 Å². The van der Waals surface area contributed by atoms with Crippen LogP contribution in [-0.2, 0) is 11.2 Å². The number of nitrogens with zero attached hydrogens (tertiary/aromatic N) is 1. The number of aromatic nitrogens is 1. The van der Waals surface area contributed by atoms with Crippen LogP contribution in [-0.4, -0.2) is 28.6 Å². The molecule has 0 unspecified atom stereocenters. The molecule has 0 saturated carbocycles. The van der Waals surface area contributed by atoms with E-state index >= 15 is 0 Å². The maximum atomic E-state index is 13.6. The van der Waals surface area contributed by atoms with Gasteiger partial charge in [0.25, 0.3) is 0 Å². The van der Waals surface area contributed by atoms with Crippen LogP contribution in [0.2, 0.25) is 0 Å². The van der Waals surface area contributed by atoms with E-state index in [0.29, 0.717) is 23.5 Å². The molecular formula is C15H16FN3O3S. The summed E-state index contributed by atoms with van der Waals surface area (Å²) in [6, 6.07) is 6.07. The molecule has 2 rings (SSSR count). The molecule has 1 aromatic heterocycles. The number of hydrogen-bond donors (Lipinski definition) is 3. The molecule has 0 aliphatic rings. The van der Waals surface area contributed by atoms with Crippen LogP contribution in [0.15, 0.2) is 30.5 Å². The highest BCUT2D eigenvalue weighted by molar-refractivity contribution is 7.15. The highest BCUT2D eigenvalue weighted by Gasteiger charge is 2.09. The zero-order chi connectivity index (χ0) is 16.7. The minimum atomic E-state index is -0.898. The summed E-state index contributed by atoms with van der Waals surface area (Å²) in [6.45, 7) is 0.269. The standard InChI is InChI=1S/C15H16FN3O3S/c16-12-5-2-1-4-10(12)8-11-9-18-15(23-11)19-14(22)17-7-3-6-13(20)21/h1-2,4-5,9H,3,6-8H2,(H,20,21)(H2,17,18,19,22). The Labute approximate surface area is 136 Å². The molecule has 0 atom stereocenters. The molecule has 23 heavy (non-hydrogen) atoms. The van der Waals surface area contributed by atoms with E-state index < -0.39 is 12.0 Å². The smallest absolute Gasteiger partial charge is 0.321 e. The van der Waals surface area contributed by atoms with Crippen molar-refractivity contribution in [1.29, 1.82) is 0 Å². The Balaban J connectivity index is 1.81. The molecule has 6 nitrogen and oxygen atoms in total. The number of halogens is 1. The van der Waals surface area contributed by atoms with Gasteiger partial charge >= 0.3 is 12.0 Å². The van der Waals surface area contributed by atoms with Crippen molar-refractivity contribution in [2.45, 2.75) is 19.3 Å². The zero-order valence-electron chi connectivity index (χ0n) is 12.2. The number of thiazole rings is 1. The van der Waals surface area contributed by atoms with E-state index in [2.05, 4.69) is 15.6 Å². The van der Waals surface area contributed by atoms with Crippen molar-refractivity contribution in [3.8, 4) is 0 Å². The first-order valence-electron chi connectivity index (χ1n) is 6.99. The van der Waals surface area contributed by atoms with E-state index in [1.54, 1.807) is 24.4 Å². The maximum Gasteiger partial charge on any atom is 0.321 e. The van der Waals surface area contributed by atoms with E-state index in [4.69, 9.17) is 5.11 Å². The third kappa shape index (κ3) is 5.67. The zero-order valence-corrected chi connectivity index (χ0v) is 13.0. The molecular weight excluding hydrogens is 321 g/mol. The minimum absolute atomic E-state index is 0.00429. The summed E-state index contributed by atoms with van der Waals surface area (Å²) in [6.07, 6.45) is 2.37. The second kappa shape index (κ2) is 8.23. The predicted octanol–water partition coefficient (Wildman–Crippen LogP) is 2.86. The van der Waals surface area contributed by atoms with Crippen LogP contribution in [0, 0.1) is 5.82 Å². The summed E-state index contributed by atoms with van der Waals surface area (Å²) in [5.74, 6) is -1.17. The summed E-state index contributed by atoms with van der Waals surface area (Å²) in [4.78, 5) is 26.9. The van der Waals surface area contributed by atoms with Crippen molar-refractivity contribution in [2.24, 2.45) is 0 Å². The van der Waals surface area contributed by atoms with E-state index in [-0.39, 0.29) is 18.8 Å². The monoisotopic (exact) mass is 337 g/mol. The van der Waals surface area contributed by atoms with Crippen LogP contribution in [0.3, 0.4) is 0 Å². The Morgan fingerprint density at radius 2 is 2.09 bits per heavy atom. The molecule has 0 fully saturated rings. The van der Waals surface area contributed by atoms with Crippen molar-refractivity contribution in [3.63, 3.8) is 0 Å². The second-order valence-electron chi connectivity index (χ2n) is 4.78. The Hall–Kier alpha value is -2.48. The van der Waals surface area contributed by atoms with Gasteiger partial charge in [-0.1, -0.05) is 18.2 Å². The molecule has 0 radical (unpaired) electrons. The van der Waals surface area contributed by atoms with Gasteiger partial charge in [0.15, 0.2) is 5.13 Å². The number of carbonyl (C=O) groups is 2. The number of anilines is 1. The van der Waals surface area contributed by atoms with Gasteiger partial charge in [0.05, 0.1) is 0 Å². The van der Waals surface area contributed by atoms with E-state index in [1.807, 2.05) is 0 Å². The largest absolute Gasteiger partial charge is 0.481 e. The van der Waals surface area contributed by atoms with Gasteiger partial charge in [0, 0.05) is 30.5 Å². The number of nitrogens with one attached hydrogen (secondary N) is 2. The van der Waals surface area contributed by atoms with E-state index in [1.165, 1.54) is 17.4 Å². The molecule has 0 saturated heterocycles. The van der Waals surface area contributed by atoms with E-state index in [0.717, 1.165) is 4.88 Å². The fraction of sp³-hybridized carbons (Fsp3) is 0.267. The topological polar surface area (TPSA) is 91.3 Å². The van der Waals surface area contributed by atoms with Gasteiger partial charge in [0.2, 0.25) is 0 Å². The number of carboxylic acids is 1. The lowest BCUT2D eigenvalue weighted by molar-refractivity contribution is -0.137. The van der Waals surface area contributed by atoms with E-state index in [9.17, 15) is 14.0 Å². The fourth-order valence-corrected chi connectivity index (χ4v) is 2.69. The van der Waals surface area contributed by atoms with Gasteiger partial charge in [-0.05, 0) is 18.1 Å². The summed E-state index contributed by atoms with van der Waals surface area (Å²) in [5, 5.41) is 14.0. The number of urea groups is 1. The molecule has 3 N–H and O–H groups in total. The molecule has 8 heteroatoms. The predicted molar refractivity (Wildman–Crippen MR) is 85.2 cm³/mol. The Morgan fingerprint density at radius 3 is 2.83 bits per heavy atom. The number of carbonyl (C=O) groups excluding carboxylic acids is 1.